The number of halogens is 1. The van der Waals surface area contributed by atoms with Crippen LogP contribution in [0.4, 0.5) is 11.5 Å². The lowest BCUT2D eigenvalue weighted by molar-refractivity contribution is 0.100. The first kappa shape index (κ1) is 15.8. The van der Waals surface area contributed by atoms with E-state index in [9.17, 15) is 4.79 Å². The second kappa shape index (κ2) is 6.58. The van der Waals surface area contributed by atoms with Gasteiger partial charge in [0.25, 0.3) is 5.91 Å². The molecule has 1 aliphatic rings. The minimum absolute atomic E-state index is 0.301. The molecule has 2 aromatic heterocycles. The number of aromatic nitrogens is 3. The van der Waals surface area contributed by atoms with Crippen LogP contribution in [0.15, 0.2) is 24.7 Å². The van der Waals surface area contributed by atoms with Crippen molar-refractivity contribution in [3.63, 3.8) is 0 Å². The zero-order chi connectivity index (χ0) is 16.4. The number of pyridine rings is 1. The van der Waals surface area contributed by atoms with E-state index in [0.717, 1.165) is 6.42 Å². The molecular formula is C16H20ClN5O. The number of hydrogen-bond donors (Lipinski definition) is 2. The monoisotopic (exact) mass is 333 g/mol. The fourth-order valence-corrected chi connectivity index (χ4v) is 3.31. The van der Waals surface area contributed by atoms with E-state index in [1.165, 1.54) is 19.3 Å². The van der Waals surface area contributed by atoms with Gasteiger partial charge in [-0.15, -0.1) is 0 Å². The summed E-state index contributed by atoms with van der Waals surface area (Å²) in [5, 5.41) is 8.16. The first-order valence-corrected chi connectivity index (χ1v) is 8.19. The first-order valence-electron chi connectivity index (χ1n) is 7.81. The number of hydrogen-bond acceptors (Lipinski definition) is 4. The molecule has 2 heterocycles. The Balaban J connectivity index is 1.91. The van der Waals surface area contributed by atoms with Gasteiger partial charge in [-0.1, -0.05) is 31.4 Å². The second-order valence-electron chi connectivity index (χ2n) is 6.08. The average molecular weight is 334 g/mol. The Labute approximate surface area is 140 Å². The number of nitrogens with one attached hydrogen (secondary N) is 1. The van der Waals surface area contributed by atoms with Gasteiger partial charge < -0.3 is 11.1 Å². The maximum absolute atomic E-state index is 11.7. The first-order chi connectivity index (χ1) is 11.0. The highest BCUT2D eigenvalue weighted by molar-refractivity contribution is 6.30. The van der Waals surface area contributed by atoms with Crippen molar-refractivity contribution in [1.82, 2.24) is 14.8 Å². The maximum Gasteiger partial charge on any atom is 0.254 e. The van der Waals surface area contributed by atoms with E-state index in [1.807, 2.05) is 4.68 Å². The van der Waals surface area contributed by atoms with Crippen LogP contribution in [0.3, 0.4) is 0 Å². The molecule has 122 valence electrons. The second-order valence-corrected chi connectivity index (χ2v) is 6.52. The van der Waals surface area contributed by atoms with Gasteiger partial charge >= 0.3 is 0 Å². The molecule has 1 fully saturated rings. The van der Waals surface area contributed by atoms with Gasteiger partial charge in [0.2, 0.25) is 0 Å². The Bertz CT molecular complexity index is 714. The van der Waals surface area contributed by atoms with E-state index in [4.69, 9.17) is 17.3 Å². The van der Waals surface area contributed by atoms with Crippen molar-refractivity contribution in [3.05, 3.63) is 35.2 Å². The van der Waals surface area contributed by atoms with Crippen LogP contribution in [0.1, 0.15) is 49.0 Å². The molecule has 7 heteroatoms. The summed E-state index contributed by atoms with van der Waals surface area (Å²) in [5.74, 6) is 0.474. The number of rotatable bonds is 4. The standard InChI is InChI=1S/C16H20ClN5O/c1-10-4-2-3-5-14(10)22-9-13(15(18)23)16(21-22)20-12-6-11(17)7-19-8-12/h6-10,14H,2-5H2,1H3,(H2,18,23)(H,20,21). The third-order valence-corrected chi connectivity index (χ3v) is 4.58. The summed E-state index contributed by atoms with van der Waals surface area (Å²) < 4.78 is 1.88. The lowest BCUT2D eigenvalue weighted by Crippen LogP contribution is -2.21. The largest absolute Gasteiger partial charge is 0.365 e. The van der Waals surface area contributed by atoms with Crippen LogP contribution in [-0.2, 0) is 0 Å². The van der Waals surface area contributed by atoms with Gasteiger partial charge in [0.05, 0.1) is 22.9 Å². The highest BCUT2D eigenvalue weighted by atomic mass is 35.5. The third kappa shape index (κ3) is 3.47. The van der Waals surface area contributed by atoms with Crippen LogP contribution in [0, 0.1) is 5.92 Å². The topological polar surface area (TPSA) is 85.8 Å². The SMILES string of the molecule is CC1CCCCC1n1cc(C(N)=O)c(Nc2cncc(Cl)c2)n1. The quantitative estimate of drug-likeness (QED) is 0.896. The Morgan fingerprint density at radius 1 is 1.39 bits per heavy atom. The molecule has 0 bridgehead atoms. The fraction of sp³-hybridized carbons (Fsp3) is 0.438. The summed E-state index contributed by atoms with van der Waals surface area (Å²) in [4.78, 5) is 15.8. The molecule has 0 aromatic carbocycles. The molecule has 0 spiro atoms. The molecule has 2 unspecified atom stereocenters. The molecule has 0 saturated heterocycles. The molecule has 2 atom stereocenters. The Kier molecular flexibility index (Phi) is 4.52. The van der Waals surface area contributed by atoms with Crippen LogP contribution in [0.25, 0.3) is 0 Å². The summed E-state index contributed by atoms with van der Waals surface area (Å²) in [6, 6.07) is 2.02. The molecule has 1 amide bonds. The van der Waals surface area contributed by atoms with Crippen molar-refractivity contribution in [2.75, 3.05) is 5.32 Å². The molecule has 0 radical (unpaired) electrons. The van der Waals surface area contributed by atoms with Gasteiger partial charge in [-0.05, 0) is 24.8 Å². The smallest absolute Gasteiger partial charge is 0.254 e. The molecule has 3 rings (SSSR count). The van der Waals surface area contributed by atoms with Gasteiger partial charge in [-0.2, -0.15) is 5.10 Å². The molecule has 1 saturated carbocycles. The normalized spacial score (nSPS) is 21.1. The Hall–Kier alpha value is -2.08. The van der Waals surface area contributed by atoms with E-state index in [2.05, 4.69) is 22.3 Å². The summed E-state index contributed by atoms with van der Waals surface area (Å²) >= 11 is 5.94. The van der Waals surface area contributed by atoms with E-state index < -0.39 is 5.91 Å². The zero-order valence-electron chi connectivity index (χ0n) is 13.0. The van der Waals surface area contributed by atoms with Crippen molar-refractivity contribution in [2.45, 2.75) is 38.6 Å². The lowest BCUT2D eigenvalue weighted by Gasteiger charge is -2.28. The molecule has 6 nitrogen and oxygen atoms in total. The van der Waals surface area contributed by atoms with Crippen molar-refractivity contribution in [2.24, 2.45) is 11.7 Å². The van der Waals surface area contributed by atoms with Crippen LogP contribution >= 0.6 is 11.6 Å². The fourth-order valence-electron chi connectivity index (χ4n) is 3.14. The minimum atomic E-state index is -0.503. The number of amides is 1. The number of nitrogens with two attached hydrogens (primary N) is 1. The minimum Gasteiger partial charge on any atom is -0.365 e. The highest BCUT2D eigenvalue weighted by Gasteiger charge is 2.26. The molecular weight excluding hydrogens is 314 g/mol. The molecule has 23 heavy (non-hydrogen) atoms. The molecule has 2 aromatic rings. The van der Waals surface area contributed by atoms with E-state index in [1.54, 1.807) is 24.7 Å². The lowest BCUT2D eigenvalue weighted by atomic mass is 9.86. The van der Waals surface area contributed by atoms with Crippen molar-refractivity contribution in [3.8, 4) is 0 Å². The predicted octanol–water partition coefficient (Wildman–Crippen LogP) is 3.53. The van der Waals surface area contributed by atoms with Gasteiger partial charge in [0.1, 0.15) is 5.56 Å². The molecule has 3 N–H and O–H groups in total. The average Bonchev–Trinajstić information content (AvgIpc) is 2.91. The third-order valence-electron chi connectivity index (χ3n) is 4.37. The van der Waals surface area contributed by atoms with Crippen LogP contribution in [0.2, 0.25) is 5.02 Å². The number of carbonyl (C=O) groups is 1. The number of anilines is 2. The van der Waals surface area contributed by atoms with Crippen molar-refractivity contribution in [1.29, 1.82) is 0 Å². The molecule has 0 aliphatic heterocycles. The Morgan fingerprint density at radius 2 is 2.17 bits per heavy atom. The van der Waals surface area contributed by atoms with Crippen LogP contribution in [-0.4, -0.2) is 20.7 Å². The maximum atomic E-state index is 11.7. The van der Waals surface area contributed by atoms with E-state index in [-0.39, 0.29) is 0 Å². The van der Waals surface area contributed by atoms with Crippen LogP contribution < -0.4 is 11.1 Å². The highest BCUT2D eigenvalue weighted by Crippen LogP contribution is 2.34. The van der Waals surface area contributed by atoms with Crippen LogP contribution in [0.5, 0.6) is 0 Å². The van der Waals surface area contributed by atoms with E-state index >= 15 is 0 Å². The number of nitrogens with zero attached hydrogens (tertiary/aromatic N) is 3. The summed E-state index contributed by atoms with van der Waals surface area (Å²) in [6.45, 7) is 2.23. The summed E-state index contributed by atoms with van der Waals surface area (Å²) in [6.07, 6.45) is 9.59. The summed E-state index contributed by atoms with van der Waals surface area (Å²) in [7, 11) is 0. The molecule has 1 aliphatic carbocycles. The van der Waals surface area contributed by atoms with Gasteiger partial charge in [0, 0.05) is 12.4 Å². The van der Waals surface area contributed by atoms with Gasteiger partial charge in [-0.25, -0.2) is 0 Å². The Morgan fingerprint density at radius 3 is 2.87 bits per heavy atom. The van der Waals surface area contributed by atoms with Crippen molar-refractivity contribution < 1.29 is 4.79 Å². The van der Waals surface area contributed by atoms with Crippen molar-refractivity contribution >= 4 is 29.0 Å². The number of primary amides is 1. The predicted molar refractivity (Wildman–Crippen MR) is 89.9 cm³/mol. The van der Waals surface area contributed by atoms with E-state index in [0.29, 0.717) is 34.1 Å². The summed E-state index contributed by atoms with van der Waals surface area (Å²) in [5.41, 5.74) is 6.55. The number of carbonyl (C=O) groups excluding carboxylic acids is 1. The van der Waals surface area contributed by atoms with Gasteiger partial charge in [0.15, 0.2) is 5.82 Å². The van der Waals surface area contributed by atoms with Gasteiger partial charge in [-0.3, -0.25) is 14.5 Å². The zero-order valence-corrected chi connectivity index (χ0v) is 13.8.